The van der Waals surface area contributed by atoms with Gasteiger partial charge in [-0.25, -0.2) is 4.39 Å². The molecule has 0 saturated carbocycles. The van der Waals surface area contributed by atoms with Gasteiger partial charge in [-0.2, -0.15) is 0 Å². The first-order valence-corrected chi connectivity index (χ1v) is 8.67. The predicted molar refractivity (Wildman–Crippen MR) is 102 cm³/mol. The average molecular weight is 351 g/mol. The first-order valence-electron chi connectivity index (χ1n) is 8.67. The van der Waals surface area contributed by atoms with Crippen molar-refractivity contribution in [3.63, 3.8) is 0 Å². The van der Waals surface area contributed by atoms with Crippen molar-refractivity contribution in [2.75, 3.05) is 13.1 Å². The summed E-state index contributed by atoms with van der Waals surface area (Å²) < 4.78 is 13.0. The van der Waals surface area contributed by atoms with Gasteiger partial charge in [0.2, 0.25) is 5.91 Å². The monoisotopic (exact) mass is 351 g/mol. The summed E-state index contributed by atoms with van der Waals surface area (Å²) in [5.74, 6) is -0.579. The predicted octanol–water partition coefficient (Wildman–Crippen LogP) is 3.15. The lowest BCUT2D eigenvalue weighted by molar-refractivity contribution is -0.122. The van der Waals surface area contributed by atoms with E-state index in [1.165, 1.54) is 12.1 Å². The standard InChI is InChI=1S/C21H22FN3O/c1-14-19(25-20(14)16-7-9-17(22)10-8-16)13-24-21(26)18(11-12-23)15-5-3-2-4-6-15/h2-10,18H,11-13,23H2,1H3,(H,24,26). The van der Waals surface area contributed by atoms with E-state index in [-0.39, 0.29) is 17.6 Å². The number of benzene rings is 2. The number of rotatable bonds is 7. The Bertz CT molecular complexity index is 841. The van der Waals surface area contributed by atoms with Crippen molar-refractivity contribution >= 4 is 11.6 Å². The van der Waals surface area contributed by atoms with Crippen molar-refractivity contribution in [3.05, 3.63) is 82.8 Å². The Kier molecular flexibility index (Phi) is 5.58. The van der Waals surface area contributed by atoms with Crippen molar-refractivity contribution in [1.82, 2.24) is 5.32 Å². The number of nitrogens with one attached hydrogen (secondary N) is 1. The normalized spacial score (nSPS) is 14.5. The fraction of sp³-hybridized carbons (Fsp3) is 0.238. The van der Waals surface area contributed by atoms with Crippen LogP contribution in [0.3, 0.4) is 0 Å². The summed E-state index contributed by atoms with van der Waals surface area (Å²) >= 11 is 0. The largest absolute Gasteiger partial charge is 0.350 e. The van der Waals surface area contributed by atoms with Gasteiger partial charge in [0.05, 0.1) is 23.9 Å². The molecule has 0 fully saturated rings. The fourth-order valence-corrected chi connectivity index (χ4v) is 3.04. The van der Waals surface area contributed by atoms with Gasteiger partial charge in [0, 0.05) is 5.56 Å². The highest BCUT2D eigenvalue weighted by Crippen LogP contribution is 2.25. The number of hydrogen-bond donors (Lipinski definition) is 2. The fourth-order valence-electron chi connectivity index (χ4n) is 3.04. The van der Waals surface area contributed by atoms with Crippen LogP contribution in [0.25, 0.3) is 0 Å². The zero-order valence-electron chi connectivity index (χ0n) is 14.7. The number of carbonyl (C=O) groups is 1. The molecule has 2 aromatic rings. The second kappa shape index (κ2) is 8.06. The topological polar surface area (TPSA) is 67.5 Å². The molecule has 3 N–H and O–H groups in total. The molecule has 1 heterocycles. The minimum Gasteiger partial charge on any atom is -0.350 e. The van der Waals surface area contributed by atoms with Crippen molar-refractivity contribution in [1.29, 1.82) is 0 Å². The first-order chi connectivity index (χ1) is 12.6. The maximum atomic E-state index is 13.0. The van der Waals surface area contributed by atoms with Crippen molar-refractivity contribution in [2.24, 2.45) is 10.7 Å². The Labute approximate surface area is 152 Å². The second-order valence-electron chi connectivity index (χ2n) is 6.30. The van der Waals surface area contributed by atoms with E-state index >= 15 is 0 Å². The Balaban J connectivity index is 1.61. The van der Waals surface area contributed by atoms with Crippen molar-refractivity contribution in [3.8, 4) is 0 Å². The van der Waals surface area contributed by atoms with Crippen LogP contribution < -0.4 is 11.1 Å². The van der Waals surface area contributed by atoms with Crippen LogP contribution in [0.15, 0.2) is 70.9 Å². The molecular weight excluding hydrogens is 329 g/mol. The number of carbonyl (C=O) groups excluding carboxylic acids is 1. The van der Waals surface area contributed by atoms with Crippen LogP contribution in [0, 0.1) is 5.82 Å². The van der Waals surface area contributed by atoms with E-state index in [0.717, 1.165) is 28.1 Å². The first kappa shape index (κ1) is 18.0. The van der Waals surface area contributed by atoms with Crippen LogP contribution >= 0.6 is 0 Å². The Morgan fingerprint density at radius 2 is 1.85 bits per heavy atom. The quantitative estimate of drug-likeness (QED) is 0.805. The summed E-state index contributed by atoms with van der Waals surface area (Å²) in [4.78, 5) is 17.1. The third-order valence-electron chi connectivity index (χ3n) is 4.56. The highest BCUT2D eigenvalue weighted by Gasteiger charge is 2.23. The molecule has 0 aromatic heterocycles. The van der Waals surface area contributed by atoms with E-state index in [4.69, 9.17) is 5.73 Å². The van der Waals surface area contributed by atoms with Crippen molar-refractivity contribution in [2.45, 2.75) is 19.3 Å². The molecule has 0 spiro atoms. The Morgan fingerprint density at radius 1 is 1.15 bits per heavy atom. The maximum absolute atomic E-state index is 13.0. The maximum Gasteiger partial charge on any atom is 0.227 e. The lowest BCUT2D eigenvalue weighted by Crippen LogP contribution is -2.34. The van der Waals surface area contributed by atoms with Gasteiger partial charge in [-0.15, -0.1) is 0 Å². The number of allylic oxidation sites excluding steroid dienone is 1. The third-order valence-corrected chi connectivity index (χ3v) is 4.56. The van der Waals surface area contributed by atoms with E-state index in [1.54, 1.807) is 12.1 Å². The molecule has 5 heteroatoms. The summed E-state index contributed by atoms with van der Waals surface area (Å²) in [5.41, 5.74) is 10.2. The summed E-state index contributed by atoms with van der Waals surface area (Å²) in [5, 5.41) is 2.96. The number of halogens is 1. The van der Waals surface area contributed by atoms with Crippen LogP contribution in [0.5, 0.6) is 0 Å². The number of hydrogen-bond acceptors (Lipinski definition) is 3. The van der Waals surface area contributed by atoms with Crippen molar-refractivity contribution < 1.29 is 9.18 Å². The van der Waals surface area contributed by atoms with Crippen LogP contribution in [-0.2, 0) is 4.79 Å². The molecule has 1 unspecified atom stereocenters. The van der Waals surface area contributed by atoms with Gasteiger partial charge in [-0.05, 0) is 55.3 Å². The summed E-state index contributed by atoms with van der Waals surface area (Å²) in [6.07, 6.45) is 0.595. The SMILES string of the molecule is CC1=C(CNC(=O)C(CCN)c2ccccc2)N=C1c1ccc(F)cc1. The van der Waals surface area contributed by atoms with Crippen LogP contribution in [0.1, 0.15) is 30.4 Å². The van der Waals surface area contributed by atoms with E-state index in [9.17, 15) is 9.18 Å². The second-order valence-corrected chi connectivity index (χ2v) is 6.30. The Morgan fingerprint density at radius 3 is 2.46 bits per heavy atom. The van der Waals surface area contributed by atoms with E-state index in [1.807, 2.05) is 37.3 Å². The van der Waals surface area contributed by atoms with E-state index < -0.39 is 0 Å². The Hall–Kier alpha value is -2.79. The van der Waals surface area contributed by atoms with Gasteiger partial charge < -0.3 is 11.1 Å². The number of aliphatic imine (C=N–C) groups is 1. The average Bonchev–Trinajstić information content (AvgIpc) is 2.66. The summed E-state index contributed by atoms with van der Waals surface area (Å²) in [6, 6.07) is 15.9. The van der Waals surface area contributed by atoms with Gasteiger partial charge in [0.1, 0.15) is 5.82 Å². The molecule has 134 valence electrons. The van der Waals surface area contributed by atoms with Gasteiger partial charge in [0.25, 0.3) is 0 Å². The minimum absolute atomic E-state index is 0.0487. The van der Waals surface area contributed by atoms with Gasteiger partial charge in [0.15, 0.2) is 0 Å². The molecule has 0 bridgehead atoms. The number of amides is 1. The van der Waals surface area contributed by atoms with Crippen LogP contribution in [0.2, 0.25) is 0 Å². The number of nitrogens with two attached hydrogens (primary N) is 1. The van der Waals surface area contributed by atoms with Crippen LogP contribution in [0.4, 0.5) is 4.39 Å². The van der Waals surface area contributed by atoms with E-state index in [2.05, 4.69) is 10.3 Å². The van der Waals surface area contributed by atoms with Crippen LogP contribution in [-0.4, -0.2) is 24.7 Å². The molecule has 1 aliphatic rings. The molecule has 0 saturated heterocycles. The smallest absolute Gasteiger partial charge is 0.227 e. The van der Waals surface area contributed by atoms with Gasteiger partial charge in [-0.1, -0.05) is 30.3 Å². The molecule has 4 nitrogen and oxygen atoms in total. The lowest BCUT2D eigenvalue weighted by Gasteiger charge is -2.22. The van der Waals surface area contributed by atoms with Gasteiger partial charge in [-0.3, -0.25) is 9.79 Å². The minimum atomic E-state index is -0.269. The molecule has 2 aromatic carbocycles. The zero-order valence-corrected chi connectivity index (χ0v) is 14.7. The molecular formula is C21H22FN3O. The lowest BCUT2D eigenvalue weighted by atomic mass is 9.94. The molecule has 3 rings (SSSR count). The number of nitrogens with zero attached hydrogens (tertiary/aromatic N) is 1. The molecule has 1 amide bonds. The van der Waals surface area contributed by atoms with Gasteiger partial charge >= 0.3 is 0 Å². The molecule has 0 radical (unpaired) electrons. The molecule has 1 atom stereocenters. The zero-order chi connectivity index (χ0) is 18.5. The molecule has 0 aliphatic carbocycles. The molecule has 26 heavy (non-hydrogen) atoms. The summed E-state index contributed by atoms with van der Waals surface area (Å²) in [6.45, 7) is 2.78. The molecule has 1 aliphatic heterocycles. The third kappa shape index (κ3) is 3.89. The van der Waals surface area contributed by atoms with E-state index in [0.29, 0.717) is 19.5 Å². The highest BCUT2D eigenvalue weighted by molar-refractivity contribution is 6.17. The highest BCUT2D eigenvalue weighted by atomic mass is 19.1. The summed E-state index contributed by atoms with van der Waals surface area (Å²) in [7, 11) is 0.